The monoisotopic (exact) mass is 420 g/mol. The van der Waals surface area contributed by atoms with Crippen LogP contribution in [0.15, 0.2) is 53.9 Å². The highest BCUT2D eigenvalue weighted by Crippen LogP contribution is 2.29. The van der Waals surface area contributed by atoms with Gasteiger partial charge in [-0.2, -0.15) is 13.2 Å². The lowest BCUT2D eigenvalue weighted by atomic mass is 10.1. The fourth-order valence-corrected chi connectivity index (χ4v) is 3.30. The highest BCUT2D eigenvalue weighted by Gasteiger charge is 2.29. The summed E-state index contributed by atoms with van der Waals surface area (Å²) >= 11 is 1.37. The Hall–Kier alpha value is -2.87. The van der Waals surface area contributed by atoms with Crippen molar-refractivity contribution in [3.63, 3.8) is 0 Å². The summed E-state index contributed by atoms with van der Waals surface area (Å²) in [6.07, 6.45) is -4.35. The maximum atomic E-state index is 12.6. The van der Waals surface area contributed by atoms with Gasteiger partial charge in [-0.05, 0) is 55.8 Å². The van der Waals surface area contributed by atoms with Crippen molar-refractivity contribution in [1.29, 1.82) is 0 Å². The molecule has 152 valence electrons. The SMILES string of the molecule is CC(C)NC(=O)c1csc(-c2ccc(OCc3ccc(C(F)(F)F)cc3)cc2)n1. The van der Waals surface area contributed by atoms with E-state index < -0.39 is 11.7 Å². The van der Waals surface area contributed by atoms with E-state index in [2.05, 4.69) is 10.3 Å². The van der Waals surface area contributed by atoms with E-state index in [0.717, 1.165) is 17.7 Å². The van der Waals surface area contributed by atoms with Gasteiger partial charge in [-0.1, -0.05) is 12.1 Å². The highest BCUT2D eigenvalue weighted by molar-refractivity contribution is 7.13. The second kappa shape index (κ2) is 8.65. The lowest BCUT2D eigenvalue weighted by Gasteiger charge is -2.09. The van der Waals surface area contributed by atoms with E-state index in [-0.39, 0.29) is 18.6 Å². The van der Waals surface area contributed by atoms with Gasteiger partial charge in [0.05, 0.1) is 5.56 Å². The van der Waals surface area contributed by atoms with Crippen molar-refractivity contribution in [2.45, 2.75) is 32.7 Å². The van der Waals surface area contributed by atoms with E-state index in [9.17, 15) is 18.0 Å². The Labute approximate surface area is 170 Å². The largest absolute Gasteiger partial charge is 0.489 e. The highest BCUT2D eigenvalue weighted by atomic mass is 32.1. The molecule has 1 aromatic heterocycles. The standard InChI is InChI=1S/C21H19F3N2O2S/c1-13(2)25-19(27)18-12-29-20(26-18)15-5-9-17(10-6-15)28-11-14-3-7-16(8-4-14)21(22,23)24/h3-10,12-13H,11H2,1-2H3,(H,25,27). The van der Waals surface area contributed by atoms with Crippen LogP contribution < -0.4 is 10.1 Å². The molecule has 0 fully saturated rings. The van der Waals surface area contributed by atoms with Crippen LogP contribution >= 0.6 is 11.3 Å². The second-order valence-electron chi connectivity index (χ2n) is 6.67. The van der Waals surface area contributed by atoms with Gasteiger partial charge >= 0.3 is 6.18 Å². The molecule has 4 nitrogen and oxygen atoms in total. The van der Waals surface area contributed by atoms with Crippen molar-refractivity contribution in [2.75, 3.05) is 0 Å². The van der Waals surface area contributed by atoms with E-state index in [4.69, 9.17) is 4.74 Å². The van der Waals surface area contributed by atoms with E-state index in [1.807, 2.05) is 26.0 Å². The van der Waals surface area contributed by atoms with Crippen LogP contribution in [0.5, 0.6) is 5.75 Å². The molecular formula is C21H19F3N2O2S. The molecule has 1 amide bonds. The fourth-order valence-electron chi connectivity index (χ4n) is 2.50. The Morgan fingerprint density at radius 3 is 2.34 bits per heavy atom. The number of hydrogen-bond donors (Lipinski definition) is 1. The topological polar surface area (TPSA) is 51.2 Å². The minimum absolute atomic E-state index is 0.0359. The van der Waals surface area contributed by atoms with Gasteiger partial charge in [0.1, 0.15) is 23.1 Å². The molecule has 0 saturated carbocycles. The van der Waals surface area contributed by atoms with Gasteiger partial charge in [-0.3, -0.25) is 4.79 Å². The summed E-state index contributed by atoms with van der Waals surface area (Å²) < 4.78 is 43.4. The molecule has 0 aliphatic rings. The van der Waals surface area contributed by atoms with Crippen molar-refractivity contribution < 1.29 is 22.7 Å². The van der Waals surface area contributed by atoms with Crippen LogP contribution in [0.3, 0.4) is 0 Å². The Morgan fingerprint density at radius 1 is 1.10 bits per heavy atom. The minimum Gasteiger partial charge on any atom is -0.489 e. The molecule has 3 rings (SSSR count). The number of nitrogens with one attached hydrogen (secondary N) is 1. The Morgan fingerprint density at radius 2 is 1.76 bits per heavy atom. The molecule has 0 saturated heterocycles. The number of rotatable bonds is 6. The molecule has 8 heteroatoms. The third-order valence-corrected chi connectivity index (χ3v) is 4.84. The predicted molar refractivity (Wildman–Crippen MR) is 106 cm³/mol. The number of hydrogen-bond acceptors (Lipinski definition) is 4. The molecular weight excluding hydrogens is 401 g/mol. The van der Waals surface area contributed by atoms with Crippen LogP contribution in [-0.4, -0.2) is 16.9 Å². The molecule has 0 spiro atoms. The van der Waals surface area contributed by atoms with Crippen LogP contribution in [-0.2, 0) is 12.8 Å². The molecule has 1 N–H and O–H groups in total. The molecule has 0 radical (unpaired) electrons. The first-order chi connectivity index (χ1) is 13.7. The zero-order valence-corrected chi connectivity index (χ0v) is 16.6. The predicted octanol–water partition coefficient (Wildman–Crippen LogP) is 5.55. The van der Waals surface area contributed by atoms with Crippen molar-refractivity contribution in [3.8, 4) is 16.3 Å². The number of carbonyl (C=O) groups excluding carboxylic acids is 1. The number of aromatic nitrogens is 1. The number of amides is 1. The van der Waals surface area contributed by atoms with Gasteiger partial charge in [-0.25, -0.2) is 4.98 Å². The van der Waals surface area contributed by atoms with Gasteiger partial charge in [-0.15, -0.1) is 11.3 Å². The summed E-state index contributed by atoms with van der Waals surface area (Å²) in [5, 5.41) is 5.23. The number of halogens is 3. The molecule has 0 unspecified atom stereocenters. The number of benzene rings is 2. The van der Waals surface area contributed by atoms with Crippen molar-refractivity contribution in [3.05, 3.63) is 70.7 Å². The molecule has 3 aromatic rings. The lowest BCUT2D eigenvalue weighted by molar-refractivity contribution is -0.137. The number of alkyl halides is 3. The number of ether oxygens (including phenoxy) is 1. The molecule has 1 heterocycles. The summed E-state index contributed by atoms with van der Waals surface area (Å²) in [4.78, 5) is 16.4. The van der Waals surface area contributed by atoms with Gasteiger partial charge in [0.2, 0.25) is 0 Å². The molecule has 2 aromatic carbocycles. The summed E-state index contributed by atoms with van der Waals surface area (Å²) in [5.74, 6) is 0.377. The Bertz CT molecular complexity index is 965. The first-order valence-electron chi connectivity index (χ1n) is 8.88. The average Bonchev–Trinajstić information content (AvgIpc) is 3.16. The molecule has 29 heavy (non-hydrogen) atoms. The van der Waals surface area contributed by atoms with E-state index in [1.165, 1.54) is 23.5 Å². The Balaban J connectivity index is 1.61. The van der Waals surface area contributed by atoms with E-state index >= 15 is 0 Å². The first kappa shape index (κ1) is 20.9. The molecule has 0 atom stereocenters. The third kappa shape index (κ3) is 5.57. The molecule has 0 bridgehead atoms. The van der Waals surface area contributed by atoms with Crippen LogP contribution in [0.2, 0.25) is 0 Å². The zero-order chi connectivity index (χ0) is 21.0. The van der Waals surface area contributed by atoms with Gasteiger partial charge in [0, 0.05) is 17.0 Å². The van der Waals surface area contributed by atoms with Gasteiger partial charge in [0.15, 0.2) is 0 Å². The maximum Gasteiger partial charge on any atom is 0.416 e. The summed E-state index contributed by atoms with van der Waals surface area (Å²) in [7, 11) is 0. The van der Waals surface area contributed by atoms with E-state index in [0.29, 0.717) is 22.0 Å². The quantitative estimate of drug-likeness (QED) is 0.569. The average molecular weight is 420 g/mol. The first-order valence-corrected chi connectivity index (χ1v) is 9.76. The smallest absolute Gasteiger partial charge is 0.416 e. The fraction of sp³-hybridized carbons (Fsp3) is 0.238. The minimum atomic E-state index is -4.35. The summed E-state index contributed by atoms with van der Waals surface area (Å²) in [6.45, 7) is 3.93. The zero-order valence-electron chi connectivity index (χ0n) is 15.8. The lowest BCUT2D eigenvalue weighted by Crippen LogP contribution is -2.30. The van der Waals surface area contributed by atoms with Crippen molar-refractivity contribution in [2.24, 2.45) is 0 Å². The maximum absolute atomic E-state index is 12.6. The van der Waals surface area contributed by atoms with E-state index in [1.54, 1.807) is 17.5 Å². The number of nitrogens with zero attached hydrogens (tertiary/aromatic N) is 1. The van der Waals surface area contributed by atoms with Gasteiger partial charge in [0.25, 0.3) is 5.91 Å². The second-order valence-corrected chi connectivity index (χ2v) is 7.53. The van der Waals surface area contributed by atoms with Crippen molar-refractivity contribution >= 4 is 17.2 Å². The van der Waals surface area contributed by atoms with Crippen LogP contribution in [0.4, 0.5) is 13.2 Å². The Kier molecular flexibility index (Phi) is 6.22. The third-order valence-electron chi connectivity index (χ3n) is 3.94. The van der Waals surface area contributed by atoms with Crippen LogP contribution in [0, 0.1) is 0 Å². The number of carbonyl (C=O) groups is 1. The van der Waals surface area contributed by atoms with Crippen LogP contribution in [0.1, 0.15) is 35.5 Å². The molecule has 0 aliphatic heterocycles. The summed E-state index contributed by atoms with van der Waals surface area (Å²) in [5.41, 5.74) is 1.18. The summed E-state index contributed by atoms with van der Waals surface area (Å²) in [6, 6.07) is 12.1. The number of thiazole rings is 1. The normalized spacial score (nSPS) is 11.5. The van der Waals surface area contributed by atoms with Crippen LogP contribution in [0.25, 0.3) is 10.6 Å². The van der Waals surface area contributed by atoms with Crippen molar-refractivity contribution in [1.82, 2.24) is 10.3 Å². The molecule has 0 aliphatic carbocycles. The van der Waals surface area contributed by atoms with Gasteiger partial charge < -0.3 is 10.1 Å².